The Balaban J connectivity index is 2.05. The summed E-state index contributed by atoms with van der Waals surface area (Å²) in [6.45, 7) is 5.02. The quantitative estimate of drug-likeness (QED) is 0.429. The molecule has 1 saturated carbocycles. The molecule has 0 radical (unpaired) electrons. The van der Waals surface area contributed by atoms with E-state index in [0.29, 0.717) is 12.0 Å². The summed E-state index contributed by atoms with van der Waals surface area (Å²) < 4.78 is 0. The van der Waals surface area contributed by atoms with Crippen molar-refractivity contribution in [2.24, 2.45) is 16.6 Å². The molecule has 3 N–H and O–H groups in total. The van der Waals surface area contributed by atoms with Gasteiger partial charge in [-0.15, -0.1) is 0 Å². The largest absolute Gasteiger partial charge is 0.370 e. The lowest BCUT2D eigenvalue weighted by molar-refractivity contribution is 0.334. The van der Waals surface area contributed by atoms with Crippen LogP contribution in [0.3, 0.4) is 0 Å². The van der Waals surface area contributed by atoms with Gasteiger partial charge in [-0.1, -0.05) is 32.1 Å². The zero-order valence-electron chi connectivity index (χ0n) is 10.8. The van der Waals surface area contributed by atoms with Gasteiger partial charge in [0.2, 0.25) is 0 Å². The van der Waals surface area contributed by atoms with Crippen LogP contribution in [-0.4, -0.2) is 18.5 Å². The van der Waals surface area contributed by atoms with Crippen molar-refractivity contribution < 1.29 is 0 Å². The smallest absolute Gasteiger partial charge is 0.188 e. The van der Waals surface area contributed by atoms with Crippen LogP contribution in [0.4, 0.5) is 0 Å². The van der Waals surface area contributed by atoms with Crippen LogP contribution < -0.4 is 11.1 Å². The summed E-state index contributed by atoms with van der Waals surface area (Å²) in [6, 6.07) is 0.377. The number of hydrogen-bond acceptors (Lipinski definition) is 1. The van der Waals surface area contributed by atoms with Gasteiger partial charge in [-0.3, -0.25) is 4.99 Å². The van der Waals surface area contributed by atoms with Crippen LogP contribution >= 0.6 is 0 Å². The van der Waals surface area contributed by atoms with Gasteiger partial charge in [0.25, 0.3) is 0 Å². The maximum Gasteiger partial charge on any atom is 0.188 e. The highest BCUT2D eigenvalue weighted by Crippen LogP contribution is 2.27. The molecule has 3 nitrogen and oxygen atoms in total. The first-order valence-corrected chi connectivity index (χ1v) is 6.75. The molecular formula is C13H27N3. The number of guanidine groups is 1. The van der Waals surface area contributed by atoms with Crippen molar-refractivity contribution in [2.75, 3.05) is 6.54 Å². The molecule has 1 fully saturated rings. The van der Waals surface area contributed by atoms with Gasteiger partial charge in [-0.05, 0) is 32.6 Å². The monoisotopic (exact) mass is 225 g/mol. The van der Waals surface area contributed by atoms with Crippen molar-refractivity contribution in [3.05, 3.63) is 0 Å². The number of nitrogens with zero attached hydrogens (tertiary/aromatic N) is 1. The second kappa shape index (κ2) is 7.53. The predicted octanol–water partition coefficient (Wildman–Crippen LogP) is 2.66. The Morgan fingerprint density at radius 2 is 2.00 bits per heavy atom. The lowest BCUT2D eigenvalue weighted by Gasteiger charge is -2.20. The Morgan fingerprint density at radius 3 is 2.62 bits per heavy atom. The molecule has 0 aromatic carbocycles. The van der Waals surface area contributed by atoms with Crippen LogP contribution in [-0.2, 0) is 0 Å². The third kappa shape index (κ3) is 5.99. The maximum absolute atomic E-state index is 5.73. The lowest BCUT2D eigenvalue weighted by Crippen LogP contribution is -2.36. The molecule has 0 unspecified atom stereocenters. The fraction of sp³-hybridized carbons (Fsp3) is 0.923. The van der Waals surface area contributed by atoms with E-state index in [2.05, 4.69) is 24.2 Å². The van der Waals surface area contributed by atoms with Crippen LogP contribution in [0.15, 0.2) is 4.99 Å². The minimum Gasteiger partial charge on any atom is -0.370 e. The molecule has 0 aliphatic heterocycles. The zero-order chi connectivity index (χ0) is 11.8. The standard InChI is InChI=1S/C13H27N3/c1-11(2)16-13(14)15-10-6-9-12-7-4-3-5-8-12/h11-12H,3-10H2,1-2H3,(H3,14,15,16). The first-order valence-electron chi connectivity index (χ1n) is 6.75. The van der Waals surface area contributed by atoms with Gasteiger partial charge in [0, 0.05) is 12.6 Å². The van der Waals surface area contributed by atoms with E-state index < -0.39 is 0 Å². The van der Waals surface area contributed by atoms with Crippen molar-refractivity contribution in [3.8, 4) is 0 Å². The highest BCUT2D eigenvalue weighted by atomic mass is 15.1. The lowest BCUT2D eigenvalue weighted by atomic mass is 9.86. The van der Waals surface area contributed by atoms with Gasteiger partial charge in [0.05, 0.1) is 0 Å². The molecule has 0 heterocycles. The summed E-state index contributed by atoms with van der Waals surface area (Å²) in [7, 11) is 0. The summed E-state index contributed by atoms with van der Waals surface area (Å²) in [5.74, 6) is 1.56. The Labute approximate surface area is 99.9 Å². The van der Waals surface area contributed by atoms with Gasteiger partial charge >= 0.3 is 0 Å². The van der Waals surface area contributed by atoms with E-state index >= 15 is 0 Å². The molecular weight excluding hydrogens is 198 g/mol. The van der Waals surface area contributed by atoms with Crippen molar-refractivity contribution in [2.45, 2.75) is 64.8 Å². The van der Waals surface area contributed by atoms with Gasteiger partial charge in [-0.25, -0.2) is 0 Å². The predicted molar refractivity (Wildman–Crippen MR) is 70.6 cm³/mol. The average molecular weight is 225 g/mol. The Kier molecular flexibility index (Phi) is 6.27. The number of hydrogen-bond donors (Lipinski definition) is 2. The number of rotatable bonds is 5. The van der Waals surface area contributed by atoms with E-state index in [1.54, 1.807) is 0 Å². The molecule has 3 heteroatoms. The molecule has 0 spiro atoms. The molecule has 1 aliphatic rings. The highest BCUT2D eigenvalue weighted by molar-refractivity contribution is 5.77. The van der Waals surface area contributed by atoms with Gasteiger partial charge in [-0.2, -0.15) is 0 Å². The summed E-state index contributed by atoms with van der Waals surface area (Å²) in [5, 5.41) is 3.11. The van der Waals surface area contributed by atoms with E-state index in [9.17, 15) is 0 Å². The van der Waals surface area contributed by atoms with E-state index in [-0.39, 0.29) is 0 Å². The van der Waals surface area contributed by atoms with Gasteiger partial charge < -0.3 is 11.1 Å². The molecule has 0 atom stereocenters. The maximum atomic E-state index is 5.73. The second-order valence-corrected chi connectivity index (χ2v) is 5.21. The molecule has 0 aromatic rings. The molecule has 0 amide bonds. The molecule has 0 saturated heterocycles. The Hall–Kier alpha value is -0.730. The highest BCUT2D eigenvalue weighted by Gasteiger charge is 2.12. The minimum atomic E-state index is 0.377. The summed E-state index contributed by atoms with van der Waals surface area (Å²) in [4.78, 5) is 4.33. The number of aliphatic imine (C=N–C) groups is 1. The van der Waals surface area contributed by atoms with Crippen molar-refractivity contribution in [1.82, 2.24) is 5.32 Å². The normalized spacial score (nSPS) is 19.1. The third-order valence-corrected chi connectivity index (χ3v) is 3.21. The van der Waals surface area contributed by atoms with E-state index in [0.717, 1.165) is 12.5 Å². The fourth-order valence-corrected chi connectivity index (χ4v) is 2.40. The van der Waals surface area contributed by atoms with Crippen LogP contribution in [0.1, 0.15) is 58.8 Å². The van der Waals surface area contributed by atoms with Crippen LogP contribution in [0.2, 0.25) is 0 Å². The van der Waals surface area contributed by atoms with Crippen LogP contribution in [0.5, 0.6) is 0 Å². The van der Waals surface area contributed by atoms with Crippen molar-refractivity contribution >= 4 is 5.96 Å². The fourth-order valence-electron chi connectivity index (χ4n) is 2.40. The van der Waals surface area contributed by atoms with Crippen molar-refractivity contribution in [3.63, 3.8) is 0 Å². The molecule has 1 rings (SSSR count). The zero-order valence-corrected chi connectivity index (χ0v) is 10.8. The molecule has 94 valence electrons. The second-order valence-electron chi connectivity index (χ2n) is 5.21. The number of nitrogens with two attached hydrogens (primary N) is 1. The molecule has 1 aliphatic carbocycles. The summed E-state index contributed by atoms with van der Waals surface area (Å²) in [5.41, 5.74) is 5.73. The Morgan fingerprint density at radius 1 is 1.31 bits per heavy atom. The third-order valence-electron chi connectivity index (χ3n) is 3.21. The van der Waals surface area contributed by atoms with E-state index in [4.69, 9.17) is 5.73 Å². The SMILES string of the molecule is CC(C)NC(N)=NCCCC1CCCCC1. The topological polar surface area (TPSA) is 50.4 Å². The first kappa shape index (κ1) is 13.3. The van der Waals surface area contributed by atoms with Gasteiger partial charge in [0.15, 0.2) is 5.96 Å². The summed E-state index contributed by atoms with van der Waals surface area (Å²) in [6.07, 6.45) is 9.70. The average Bonchev–Trinajstić information content (AvgIpc) is 2.25. The number of nitrogens with one attached hydrogen (secondary N) is 1. The minimum absolute atomic E-state index is 0.377. The molecule has 16 heavy (non-hydrogen) atoms. The van der Waals surface area contributed by atoms with E-state index in [1.165, 1.54) is 44.9 Å². The van der Waals surface area contributed by atoms with Crippen LogP contribution in [0, 0.1) is 5.92 Å². The van der Waals surface area contributed by atoms with Crippen LogP contribution in [0.25, 0.3) is 0 Å². The first-order chi connectivity index (χ1) is 7.68. The molecule has 0 bridgehead atoms. The van der Waals surface area contributed by atoms with E-state index in [1.807, 2.05) is 0 Å². The van der Waals surface area contributed by atoms with Gasteiger partial charge in [0.1, 0.15) is 0 Å². The molecule has 0 aromatic heterocycles. The van der Waals surface area contributed by atoms with Crippen molar-refractivity contribution in [1.29, 1.82) is 0 Å². The summed E-state index contributed by atoms with van der Waals surface area (Å²) >= 11 is 0. The Bertz CT molecular complexity index is 205.